The predicted molar refractivity (Wildman–Crippen MR) is 103 cm³/mol. The van der Waals surface area contributed by atoms with Crippen molar-refractivity contribution in [3.8, 4) is 0 Å². The molecule has 1 spiro atoms. The Bertz CT molecular complexity index is 985. The van der Waals surface area contributed by atoms with Gasteiger partial charge in [-0.25, -0.2) is 9.97 Å². The van der Waals surface area contributed by atoms with Crippen molar-refractivity contribution in [2.45, 2.75) is 25.2 Å². The van der Waals surface area contributed by atoms with Crippen LogP contribution in [0.5, 0.6) is 0 Å². The third-order valence-electron chi connectivity index (χ3n) is 5.52. The van der Waals surface area contributed by atoms with Crippen LogP contribution in [0.4, 0.5) is 0 Å². The number of carbonyl (C=O) groups excluding carboxylic acids is 1. The highest BCUT2D eigenvalue weighted by Gasteiger charge is 2.40. The highest BCUT2D eigenvalue weighted by Crippen LogP contribution is 2.31. The molecular weight excluding hydrogens is 356 g/mol. The second-order valence-corrected chi connectivity index (χ2v) is 7.32. The molecular formula is C21H22N4O3. The molecule has 2 aliphatic heterocycles. The molecule has 2 fully saturated rings. The third kappa shape index (κ3) is 3.16. The van der Waals surface area contributed by atoms with Gasteiger partial charge in [0.2, 0.25) is 0 Å². The molecule has 7 heteroatoms. The van der Waals surface area contributed by atoms with E-state index in [2.05, 4.69) is 22.1 Å². The highest BCUT2D eigenvalue weighted by molar-refractivity contribution is 5.96. The molecule has 2 aromatic heterocycles. The summed E-state index contributed by atoms with van der Waals surface area (Å²) in [5.74, 6) is -0.491. The number of fused-ring (bicyclic) bond motifs is 1. The molecule has 0 atom stereocenters. The summed E-state index contributed by atoms with van der Waals surface area (Å²) in [5, 5.41) is 0. The van der Waals surface area contributed by atoms with Crippen molar-refractivity contribution in [2.24, 2.45) is 0 Å². The molecule has 0 radical (unpaired) electrons. The number of aromatic nitrogens is 3. The van der Waals surface area contributed by atoms with Crippen LogP contribution in [-0.2, 0) is 16.0 Å². The van der Waals surface area contributed by atoms with Crippen LogP contribution in [0.15, 0.2) is 48.9 Å². The first-order chi connectivity index (χ1) is 13.7. The maximum absolute atomic E-state index is 12.9. The Morgan fingerprint density at radius 1 is 1.07 bits per heavy atom. The van der Waals surface area contributed by atoms with Crippen LogP contribution < -0.4 is 0 Å². The average Bonchev–Trinajstić information content (AvgIpc) is 3.36. The monoisotopic (exact) mass is 378 g/mol. The van der Waals surface area contributed by atoms with Gasteiger partial charge in [0.25, 0.3) is 5.91 Å². The van der Waals surface area contributed by atoms with Crippen molar-refractivity contribution in [1.29, 1.82) is 0 Å². The third-order valence-corrected chi connectivity index (χ3v) is 5.52. The molecule has 0 aliphatic carbocycles. The zero-order valence-electron chi connectivity index (χ0n) is 15.6. The molecule has 1 aromatic carbocycles. The standard InChI is InChI=1S/C21H22N4O3/c26-20(24-8-6-21(7-9-24)27-10-11-28-21)17-12-18-19(22-13-17)25(15-23-18)14-16-4-2-1-3-5-16/h1-5,12-13,15H,6-11,14H2. The lowest BCUT2D eigenvalue weighted by Gasteiger charge is -2.37. The summed E-state index contributed by atoms with van der Waals surface area (Å²) >= 11 is 0. The van der Waals surface area contributed by atoms with Gasteiger partial charge in [0, 0.05) is 32.1 Å². The fourth-order valence-corrected chi connectivity index (χ4v) is 3.98. The molecule has 144 valence electrons. The Labute approximate surface area is 162 Å². The molecule has 3 aromatic rings. The summed E-state index contributed by atoms with van der Waals surface area (Å²) in [7, 11) is 0. The molecule has 0 N–H and O–H groups in total. The average molecular weight is 378 g/mol. The minimum Gasteiger partial charge on any atom is -0.347 e. The summed E-state index contributed by atoms with van der Waals surface area (Å²) in [4.78, 5) is 23.7. The van der Waals surface area contributed by atoms with E-state index in [1.54, 1.807) is 12.5 Å². The van der Waals surface area contributed by atoms with Crippen molar-refractivity contribution >= 4 is 17.1 Å². The van der Waals surface area contributed by atoms with Gasteiger partial charge in [0.05, 0.1) is 31.6 Å². The molecule has 7 nitrogen and oxygen atoms in total. The van der Waals surface area contributed by atoms with Crippen LogP contribution in [0, 0.1) is 0 Å². The van der Waals surface area contributed by atoms with Crippen LogP contribution in [0.3, 0.4) is 0 Å². The van der Waals surface area contributed by atoms with Gasteiger partial charge in [0.1, 0.15) is 5.52 Å². The fourth-order valence-electron chi connectivity index (χ4n) is 3.98. The minimum absolute atomic E-state index is 0.0140. The fraction of sp³-hybridized carbons (Fsp3) is 0.381. The maximum atomic E-state index is 12.9. The zero-order valence-corrected chi connectivity index (χ0v) is 15.6. The molecule has 2 aliphatic rings. The molecule has 28 heavy (non-hydrogen) atoms. The number of rotatable bonds is 3. The minimum atomic E-state index is -0.477. The number of carbonyl (C=O) groups is 1. The van der Waals surface area contributed by atoms with Gasteiger partial charge < -0.3 is 18.9 Å². The number of hydrogen-bond acceptors (Lipinski definition) is 5. The molecule has 5 rings (SSSR count). The van der Waals surface area contributed by atoms with E-state index in [0.29, 0.717) is 51.3 Å². The highest BCUT2D eigenvalue weighted by atomic mass is 16.7. The second kappa shape index (κ2) is 7.00. The largest absolute Gasteiger partial charge is 0.347 e. The normalized spacial score (nSPS) is 18.8. The van der Waals surface area contributed by atoms with Gasteiger partial charge in [-0.05, 0) is 11.6 Å². The van der Waals surface area contributed by atoms with Gasteiger partial charge in [-0.1, -0.05) is 30.3 Å². The first kappa shape index (κ1) is 17.3. The van der Waals surface area contributed by atoms with Crippen molar-refractivity contribution in [3.63, 3.8) is 0 Å². The molecule has 0 bridgehead atoms. The number of amides is 1. The Morgan fingerprint density at radius 2 is 1.82 bits per heavy atom. The first-order valence-electron chi connectivity index (χ1n) is 9.64. The molecule has 0 saturated carbocycles. The number of ether oxygens (including phenoxy) is 2. The lowest BCUT2D eigenvalue weighted by atomic mass is 10.0. The molecule has 0 unspecified atom stereocenters. The second-order valence-electron chi connectivity index (χ2n) is 7.32. The van der Waals surface area contributed by atoms with E-state index in [9.17, 15) is 4.79 Å². The van der Waals surface area contributed by atoms with E-state index >= 15 is 0 Å². The Hall–Kier alpha value is -2.77. The van der Waals surface area contributed by atoms with E-state index in [0.717, 1.165) is 11.2 Å². The number of nitrogens with zero attached hydrogens (tertiary/aromatic N) is 4. The Balaban J connectivity index is 1.32. The van der Waals surface area contributed by atoms with E-state index in [4.69, 9.17) is 9.47 Å². The predicted octanol–water partition coefficient (Wildman–Crippen LogP) is 2.46. The van der Waals surface area contributed by atoms with Gasteiger partial charge in [-0.15, -0.1) is 0 Å². The lowest BCUT2D eigenvalue weighted by Crippen LogP contribution is -2.47. The van der Waals surface area contributed by atoms with Crippen molar-refractivity contribution < 1.29 is 14.3 Å². The van der Waals surface area contributed by atoms with E-state index in [1.807, 2.05) is 33.7 Å². The summed E-state index contributed by atoms with van der Waals surface area (Å²) in [5.41, 5.74) is 3.27. The van der Waals surface area contributed by atoms with Crippen LogP contribution in [0.25, 0.3) is 11.2 Å². The SMILES string of the molecule is O=C(c1cnc2c(c1)ncn2Cc1ccccc1)N1CCC2(CC1)OCCO2. The topological polar surface area (TPSA) is 69.5 Å². The van der Waals surface area contributed by atoms with Gasteiger partial charge in [0.15, 0.2) is 11.4 Å². The molecule has 4 heterocycles. The Kier molecular flexibility index (Phi) is 4.33. The van der Waals surface area contributed by atoms with Crippen LogP contribution >= 0.6 is 0 Å². The number of benzene rings is 1. The van der Waals surface area contributed by atoms with E-state index < -0.39 is 5.79 Å². The summed E-state index contributed by atoms with van der Waals surface area (Å²) < 4.78 is 13.5. The summed E-state index contributed by atoms with van der Waals surface area (Å²) in [6.45, 7) is 3.23. The lowest BCUT2D eigenvalue weighted by molar-refractivity contribution is -0.181. The quantitative estimate of drug-likeness (QED) is 0.700. The molecule has 1 amide bonds. The van der Waals surface area contributed by atoms with Crippen LogP contribution in [-0.4, -0.2) is 57.4 Å². The van der Waals surface area contributed by atoms with Crippen molar-refractivity contribution in [2.75, 3.05) is 26.3 Å². The van der Waals surface area contributed by atoms with Gasteiger partial charge in [-0.2, -0.15) is 0 Å². The van der Waals surface area contributed by atoms with E-state index in [-0.39, 0.29) is 5.91 Å². The first-order valence-corrected chi connectivity index (χ1v) is 9.64. The number of piperidine rings is 1. The van der Waals surface area contributed by atoms with Gasteiger partial charge >= 0.3 is 0 Å². The summed E-state index contributed by atoms with van der Waals surface area (Å²) in [6, 6.07) is 12.0. The number of pyridine rings is 1. The summed E-state index contributed by atoms with van der Waals surface area (Å²) in [6.07, 6.45) is 4.85. The smallest absolute Gasteiger partial charge is 0.255 e. The Morgan fingerprint density at radius 3 is 2.57 bits per heavy atom. The zero-order chi connectivity index (χ0) is 19.0. The number of likely N-dealkylation sites (tertiary alicyclic amines) is 1. The van der Waals surface area contributed by atoms with Crippen LogP contribution in [0.2, 0.25) is 0 Å². The molecule has 2 saturated heterocycles. The van der Waals surface area contributed by atoms with Crippen LogP contribution in [0.1, 0.15) is 28.8 Å². The van der Waals surface area contributed by atoms with E-state index in [1.165, 1.54) is 5.56 Å². The number of hydrogen-bond donors (Lipinski definition) is 0. The van der Waals surface area contributed by atoms with Crippen molar-refractivity contribution in [1.82, 2.24) is 19.4 Å². The maximum Gasteiger partial charge on any atom is 0.255 e. The van der Waals surface area contributed by atoms with Crippen molar-refractivity contribution in [3.05, 3.63) is 60.0 Å². The number of imidazole rings is 1. The van der Waals surface area contributed by atoms with Gasteiger partial charge in [-0.3, -0.25) is 4.79 Å².